The van der Waals surface area contributed by atoms with E-state index < -0.39 is 0 Å². The average Bonchev–Trinajstić information content (AvgIpc) is 3.14. The first kappa shape index (κ1) is 17.6. The van der Waals surface area contributed by atoms with E-state index in [1.807, 2.05) is 72.8 Å². The maximum absolute atomic E-state index is 9.05. The SMILES string of the molecule is N#Cc1ccc(C2N=C(c3ccc(Cl)cc3)NC2c2ccc(Cl)cc2)cc1. The maximum Gasteiger partial charge on any atom is 0.129 e. The highest BCUT2D eigenvalue weighted by atomic mass is 35.5. The number of aliphatic imine (C=N–C) groups is 1. The predicted octanol–water partition coefficient (Wildman–Crippen LogP) is 5.70. The molecule has 132 valence electrons. The summed E-state index contributed by atoms with van der Waals surface area (Å²) in [6.45, 7) is 0. The van der Waals surface area contributed by atoms with Crippen LogP contribution in [0.4, 0.5) is 0 Å². The average molecular weight is 392 g/mol. The summed E-state index contributed by atoms with van der Waals surface area (Å²) in [7, 11) is 0. The first-order valence-electron chi connectivity index (χ1n) is 8.50. The highest BCUT2D eigenvalue weighted by Crippen LogP contribution is 2.37. The van der Waals surface area contributed by atoms with Crippen molar-refractivity contribution in [1.29, 1.82) is 5.26 Å². The van der Waals surface area contributed by atoms with E-state index in [4.69, 9.17) is 33.5 Å². The van der Waals surface area contributed by atoms with Crippen molar-refractivity contribution in [2.75, 3.05) is 0 Å². The number of hydrogen-bond donors (Lipinski definition) is 1. The van der Waals surface area contributed by atoms with E-state index in [2.05, 4.69) is 11.4 Å². The lowest BCUT2D eigenvalue weighted by Gasteiger charge is -2.20. The van der Waals surface area contributed by atoms with Gasteiger partial charge in [0.15, 0.2) is 0 Å². The van der Waals surface area contributed by atoms with Gasteiger partial charge in [-0.2, -0.15) is 5.26 Å². The Bertz CT molecular complexity index is 1020. The van der Waals surface area contributed by atoms with Crippen molar-refractivity contribution in [2.45, 2.75) is 12.1 Å². The molecule has 3 nitrogen and oxygen atoms in total. The molecule has 0 bridgehead atoms. The number of rotatable bonds is 3. The number of nitrogens with zero attached hydrogens (tertiary/aromatic N) is 2. The van der Waals surface area contributed by atoms with Gasteiger partial charge in [0, 0.05) is 15.6 Å². The lowest BCUT2D eigenvalue weighted by Crippen LogP contribution is -2.25. The molecule has 3 aromatic carbocycles. The van der Waals surface area contributed by atoms with Crippen LogP contribution in [0.25, 0.3) is 0 Å². The predicted molar refractivity (Wildman–Crippen MR) is 109 cm³/mol. The van der Waals surface area contributed by atoms with Gasteiger partial charge in [-0.05, 0) is 59.7 Å². The molecule has 27 heavy (non-hydrogen) atoms. The molecule has 3 aromatic rings. The molecule has 1 aliphatic heterocycles. The fourth-order valence-electron chi connectivity index (χ4n) is 3.20. The highest BCUT2D eigenvalue weighted by Gasteiger charge is 2.31. The van der Waals surface area contributed by atoms with E-state index in [1.165, 1.54) is 0 Å². The molecule has 5 heteroatoms. The van der Waals surface area contributed by atoms with Gasteiger partial charge in [0.2, 0.25) is 0 Å². The fourth-order valence-corrected chi connectivity index (χ4v) is 3.45. The summed E-state index contributed by atoms with van der Waals surface area (Å²) in [6.07, 6.45) is 0. The summed E-state index contributed by atoms with van der Waals surface area (Å²) < 4.78 is 0. The van der Waals surface area contributed by atoms with Crippen molar-refractivity contribution >= 4 is 29.0 Å². The summed E-state index contributed by atoms with van der Waals surface area (Å²) in [6, 6.07) is 25.0. The Balaban J connectivity index is 1.74. The number of nitriles is 1. The second kappa shape index (κ2) is 7.44. The van der Waals surface area contributed by atoms with Crippen LogP contribution in [0, 0.1) is 11.3 Å². The quantitative estimate of drug-likeness (QED) is 0.622. The van der Waals surface area contributed by atoms with Crippen LogP contribution in [0.15, 0.2) is 77.8 Å². The maximum atomic E-state index is 9.05. The van der Waals surface area contributed by atoms with Gasteiger partial charge in [0.05, 0.1) is 17.7 Å². The van der Waals surface area contributed by atoms with E-state index in [9.17, 15) is 0 Å². The third-order valence-corrected chi connectivity index (χ3v) is 5.11. The van der Waals surface area contributed by atoms with Crippen LogP contribution in [0.5, 0.6) is 0 Å². The Morgan fingerprint density at radius 2 is 1.33 bits per heavy atom. The van der Waals surface area contributed by atoms with Gasteiger partial charge in [-0.15, -0.1) is 0 Å². The third-order valence-electron chi connectivity index (χ3n) is 4.60. The van der Waals surface area contributed by atoms with Crippen LogP contribution in [0.2, 0.25) is 10.0 Å². The second-order valence-corrected chi connectivity index (χ2v) is 7.21. The zero-order chi connectivity index (χ0) is 18.8. The normalized spacial score (nSPS) is 18.5. The molecule has 0 saturated heterocycles. The molecule has 4 rings (SSSR count). The molecule has 1 N–H and O–H groups in total. The Morgan fingerprint density at radius 1 is 0.778 bits per heavy atom. The standard InChI is InChI=1S/C22H15Cl2N3/c23-18-9-5-16(6-10-18)21-20(15-3-1-14(13-25)2-4-15)26-22(27-21)17-7-11-19(24)12-8-17/h1-12,20-21H,(H,26,27). The molecule has 2 unspecified atom stereocenters. The van der Waals surface area contributed by atoms with Crippen LogP contribution in [0.3, 0.4) is 0 Å². The molecular weight excluding hydrogens is 377 g/mol. The molecule has 1 aliphatic rings. The first-order valence-corrected chi connectivity index (χ1v) is 9.25. The largest absolute Gasteiger partial charge is 0.361 e. The van der Waals surface area contributed by atoms with E-state index in [1.54, 1.807) is 0 Å². The number of amidine groups is 1. The minimum atomic E-state index is -0.107. The summed E-state index contributed by atoms with van der Waals surface area (Å²) in [4.78, 5) is 4.94. The molecule has 0 radical (unpaired) electrons. The van der Waals surface area contributed by atoms with Crippen molar-refractivity contribution in [1.82, 2.24) is 5.32 Å². The van der Waals surface area contributed by atoms with Gasteiger partial charge >= 0.3 is 0 Å². The molecule has 0 spiro atoms. The number of nitrogens with one attached hydrogen (secondary N) is 1. The molecule has 2 atom stereocenters. The van der Waals surface area contributed by atoms with Crippen molar-refractivity contribution < 1.29 is 0 Å². The zero-order valence-corrected chi connectivity index (χ0v) is 15.7. The topological polar surface area (TPSA) is 48.2 Å². The van der Waals surface area contributed by atoms with Gasteiger partial charge in [0.25, 0.3) is 0 Å². The zero-order valence-electron chi connectivity index (χ0n) is 14.2. The number of benzene rings is 3. The molecule has 0 fully saturated rings. The van der Waals surface area contributed by atoms with Crippen molar-refractivity contribution in [3.8, 4) is 6.07 Å². The van der Waals surface area contributed by atoms with Crippen molar-refractivity contribution in [3.05, 3.63) is 105 Å². The van der Waals surface area contributed by atoms with Gasteiger partial charge in [-0.25, -0.2) is 0 Å². The third kappa shape index (κ3) is 3.68. The minimum absolute atomic E-state index is 0.0270. The lowest BCUT2D eigenvalue weighted by molar-refractivity contribution is 0.572. The Morgan fingerprint density at radius 3 is 1.93 bits per heavy atom. The molecule has 0 aromatic heterocycles. The number of hydrogen-bond acceptors (Lipinski definition) is 3. The van der Waals surface area contributed by atoms with Crippen LogP contribution in [-0.4, -0.2) is 5.84 Å². The fraction of sp³-hybridized carbons (Fsp3) is 0.0909. The van der Waals surface area contributed by atoms with Gasteiger partial charge in [0.1, 0.15) is 11.9 Å². The molecule has 1 heterocycles. The molecular formula is C22H15Cl2N3. The lowest BCUT2D eigenvalue weighted by atomic mass is 9.94. The Kier molecular flexibility index (Phi) is 4.85. The van der Waals surface area contributed by atoms with Gasteiger partial charge in [-0.1, -0.05) is 47.5 Å². The summed E-state index contributed by atoms with van der Waals surface area (Å²) in [5.41, 5.74) is 3.76. The summed E-state index contributed by atoms with van der Waals surface area (Å²) >= 11 is 12.1. The first-order chi connectivity index (χ1) is 13.1. The minimum Gasteiger partial charge on any atom is -0.361 e. The molecule has 0 saturated carbocycles. The van der Waals surface area contributed by atoms with Crippen molar-refractivity contribution in [2.24, 2.45) is 4.99 Å². The Hall–Kier alpha value is -2.80. The summed E-state index contributed by atoms with van der Waals surface area (Å²) in [5, 5.41) is 14.0. The molecule has 0 amide bonds. The highest BCUT2D eigenvalue weighted by molar-refractivity contribution is 6.30. The Labute approximate surface area is 167 Å². The molecule has 0 aliphatic carbocycles. The van der Waals surface area contributed by atoms with Crippen LogP contribution in [-0.2, 0) is 0 Å². The van der Waals surface area contributed by atoms with Crippen LogP contribution >= 0.6 is 23.2 Å². The summed E-state index contributed by atoms with van der Waals surface area (Å²) in [5.74, 6) is 0.820. The second-order valence-electron chi connectivity index (χ2n) is 6.34. The monoisotopic (exact) mass is 391 g/mol. The van der Waals surface area contributed by atoms with Gasteiger partial charge in [-0.3, -0.25) is 4.99 Å². The smallest absolute Gasteiger partial charge is 0.129 e. The van der Waals surface area contributed by atoms with E-state index in [0.29, 0.717) is 15.6 Å². The van der Waals surface area contributed by atoms with Crippen molar-refractivity contribution in [3.63, 3.8) is 0 Å². The van der Waals surface area contributed by atoms with Crippen LogP contribution in [0.1, 0.15) is 34.3 Å². The number of halogens is 2. The van der Waals surface area contributed by atoms with Crippen LogP contribution < -0.4 is 5.32 Å². The van der Waals surface area contributed by atoms with E-state index in [-0.39, 0.29) is 12.1 Å². The van der Waals surface area contributed by atoms with E-state index in [0.717, 1.165) is 22.5 Å². The van der Waals surface area contributed by atoms with Gasteiger partial charge < -0.3 is 5.32 Å². The van der Waals surface area contributed by atoms with E-state index >= 15 is 0 Å².